The summed E-state index contributed by atoms with van der Waals surface area (Å²) in [5.41, 5.74) is 1.43. The van der Waals surface area contributed by atoms with E-state index in [4.69, 9.17) is 4.43 Å². The Morgan fingerprint density at radius 3 is 2.62 bits per heavy atom. The molecule has 0 unspecified atom stereocenters. The van der Waals surface area contributed by atoms with Crippen molar-refractivity contribution in [1.82, 2.24) is 0 Å². The molecule has 2 rings (SSSR count). The van der Waals surface area contributed by atoms with Gasteiger partial charge in [0.25, 0.3) is 0 Å². The quantitative estimate of drug-likeness (QED) is 0.654. The Bertz CT molecular complexity index is 305. The van der Waals surface area contributed by atoms with E-state index in [0.717, 1.165) is 6.61 Å². The second kappa shape index (κ2) is 3.27. The van der Waals surface area contributed by atoms with Crippen molar-refractivity contribution in [1.29, 1.82) is 0 Å². The maximum Gasteiger partial charge on any atom is 0.224 e. The smallest absolute Gasteiger partial charge is 0.224 e. The van der Waals surface area contributed by atoms with Gasteiger partial charge in [-0.1, -0.05) is 38.1 Å². The van der Waals surface area contributed by atoms with Crippen LogP contribution in [0.25, 0.3) is 0 Å². The van der Waals surface area contributed by atoms with E-state index in [9.17, 15) is 0 Å². The summed E-state index contributed by atoms with van der Waals surface area (Å²) < 4.78 is 6.05. The molecule has 0 aliphatic carbocycles. The molecule has 0 saturated heterocycles. The molecule has 2 heteroatoms. The maximum absolute atomic E-state index is 6.05. The lowest BCUT2D eigenvalue weighted by molar-refractivity contribution is 0.312. The van der Waals surface area contributed by atoms with Crippen LogP contribution in [0.15, 0.2) is 24.3 Å². The Morgan fingerprint density at radius 1 is 1.23 bits per heavy atom. The van der Waals surface area contributed by atoms with E-state index in [1.807, 2.05) is 0 Å². The van der Waals surface area contributed by atoms with Crippen LogP contribution in [-0.4, -0.2) is 8.32 Å². The first-order valence-electron chi connectivity index (χ1n) is 5.05. The fraction of sp³-hybridized carbons (Fsp3) is 0.455. The first-order valence-corrected chi connectivity index (χ1v) is 7.37. The predicted octanol–water partition coefficient (Wildman–Crippen LogP) is 2.41. The highest BCUT2D eigenvalue weighted by molar-refractivity contribution is 6.87. The number of fused-ring (bicyclic) bond motifs is 1. The van der Waals surface area contributed by atoms with Crippen LogP contribution in [0, 0.1) is 0 Å². The number of rotatable bonds is 2. The number of hydrogen-bond acceptors (Lipinski definition) is 1. The lowest BCUT2D eigenvalue weighted by Crippen LogP contribution is -2.45. The fourth-order valence-electron chi connectivity index (χ4n) is 2.22. The van der Waals surface area contributed by atoms with Crippen molar-refractivity contribution < 1.29 is 4.43 Å². The summed E-state index contributed by atoms with van der Waals surface area (Å²) in [6.07, 6.45) is 0. The molecule has 0 aromatic heterocycles. The Hall–Kier alpha value is -0.603. The Morgan fingerprint density at radius 2 is 1.92 bits per heavy atom. The van der Waals surface area contributed by atoms with Crippen LogP contribution in [0.3, 0.4) is 0 Å². The van der Waals surface area contributed by atoms with E-state index in [1.54, 1.807) is 5.19 Å². The van der Waals surface area contributed by atoms with Crippen molar-refractivity contribution >= 4 is 13.5 Å². The van der Waals surface area contributed by atoms with Gasteiger partial charge in [-0.2, -0.15) is 0 Å². The van der Waals surface area contributed by atoms with Crippen LogP contribution >= 0.6 is 0 Å². The highest BCUT2D eigenvalue weighted by Gasteiger charge is 2.39. The molecule has 1 aliphatic heterocycles. The van der Waals surface area contributed by atoms with Crippen LogP contribution < -0.4 is 5.19 Å². The summed E-state index contributed by atoms with van der Waals surface area (Å²) in [4.78, 5) is 0. The van der Waals surface area contributed by atoms with Gasteiger partial charge >= 0.3 is 0 Å². The summed E-state index contributed by atoms with van der Waals surface area (Å²) in [6.45, 7) is 5.37. The van der Waals surface area contributed by atoms with Crippen LogP contribution in [0.2, 0.25) is 12.1 Å². The molecule has 0 amide bonds. The third-order valence-electron chi connectivity index (χ3n) is 3.15. The SMILES string of the molecule is CC[Si]1(CC)OCc2ccccc21. The number of benzene rings is 1. The zero-order chi connectivity index (χ0) is 9.31. The highest BCUT2D eigenvalue weighted by atomic mass is 28.4. The van der Waals surface area contributed by atoms with Crippen molar-refractivity contribution in [2.24, 2.45) is 0 Å². The van der Waals surface area contributed by atoms with Gasteiger partial charge in [-0.3, -0.25) is 0 Å². The van der Waals surface area contributed by atoms with Gasteiger partial charge in [-0.05, 0) is 22.8 Å². The van der Waals surface area contributed by atoms with Crippen molar-refractivity contribution in [3.63, 3.8) is 0 Å². The van der Waals surface area contributed by atoms with Gasteiger partial charge in [0.1, 0.15) is 0 Å². The molecule has 0 saturated carbocycles. The Kier molecular flexibility index (Phi) is 2.26. The third-order valence-corrected chi connectivity index (χ3v) is 7.61. The third kappa shape index (κ3) is 1.25. The molecule has 1 heterocycles. The monoisotopic (exact) mass is 192 g/mol. The molecule has 1 nitrogen and oxygen atoms in total. The summed E-state index contributed by atoms with van der Waals surface area (Å²) in [7, 11) is -1.50. The van der Waals surface area contributed by atoms with Gasteiger partial charge in [-0.25, -0.2) is 0 Å². The van der Waals surface area contributed by atoms with Crippen LogP contribution in [0.1, 0.15) is 19.4 Å². The van der Waals surface area contributed by atoms with Gasteiger partial charge in [0, 0.05) is 0 Å². The van der Waals surface area contributed by atoms with E-state index >= 15 is 0 Å². The van der Waals surface area contributed by atoms with E-state index < -0.39 is 8.32 Å². The molecule has 0 radical (unpaired) electrons. The Labute approximate surface area is 80.9 Å². The lowest BCUT2D eigenvalue weighted by atomic mass is 10.2. The molecular weight excluding hydrogens is 176 g/mol. The molecule has 0 atom stereocenters. The minimum Gasteiger partial charge on any atom is -0.408 e. The average Bonchev–Trinajstić information content (AvgIpc) is 2.58. The number of hydrogen-bond donors (Lipinski definition) is 0. The second-order valence-corrected chi connectivity index (χ2v) is 7.88. The van der Waals surface area contributed by atoms with Crippen LogP contribution in [-0.2, 0) is 11.0 Å². The Balaban J connectivity index is 2.47. The molecule has 70 valence electrons. The summed E-state index contributed by atoms with van der Waals surface area (Å²) in [6, 6.07) is 11.1. The largest absolute Gasteiger partial charge is 0.408 e. The lowest BCUT2D eigenvalue weighted by Gasteiger charge is -2.23. The van der Waals surface area contributed by atoms with E-state index in [2.05, 4.69) is 38.1 Å². The van der Waals surface area contributed by atoms with Gasteiger partial charge in [0.05, 0.1) is 6.61 Å². The predicted molar refractivity (Wildman–Crippen MR) is 57.6 cm³/mol. The summed E-state index contributed by atoms with van der Waals surface area (Å²) in [5.74, 6) is 0. The van der Waals surface area contributed by atoms with E-state index in [-0.39, 0.29) is 0 Å². The molecule has 0 bridgehead atoms. The molecular formula is C11H16OSi. The highest BCUT2D eigenvalue weighted by Crippen LogP contribution is 2.25. The second-order valence-electron chi connectivity index (χ2n) is 3.65. The molecule has 0 spiro atoms. The van der Waals surface area contributed by atoms with E-state index in [0.29, 0.717) is 0 Å². The van der Waals surface area contributed by atoms with E-state index in [1.165, 1.54) is 17.7 Å². The molecule has 1 aromatic rings. The normalized spacial score (nSPS) is 18.6. The molecule has 1 aliphatic rings. The summed E-state index contributed by atoms with van der Waals surface area (Å²) in [5, 5.41) is 1.54. The molecule has 1 aromatic carbocycles. The molecule has 0 N–H and O–H groups in total. The maximum atomic E-state index is 6.05. The van der Waals surface area contributed by atoms with Gasteiger partial charge in [-0.15, -0.1) is 0 Å². The average molecular weight is 192 g/mol. The van der Waals surface area contributed by atoms with Crippen LogP contribution in [0.4, 0.5) is 0 Å². The summed E-state index contributed by atoms with van der Waals surface area (Å²) >= 11 is 0. The first kappa shape index (κ1) is 8.97. The molecule has 13 heavy (non-hydrogen) atoms. The van der Waals surface area contributed by atoms with Crippen molar-refractivity contribution in [3.8, 4) is 0 Å². The van der Waals surface area contributed by atoms with Crippen molar-refractivity contribution in [2.45, 2.75) is 32.5 Å². The fourth-order valence-corrected chi connectivity index (χ4v) is 5.62. The first-order chi connectivity index (χ1) is 6.32. The van der Waals surface area contributed by atoms with Crippen molar-refractivity contribution in [2.75, 3.05) is 0 Å². The molecule has 0 fully saturated rings. The van der Waals surface area contributed by atoms with Gasteiger partial charge in [0.15, 0.2) is 0 Å². The van der Waals surface area contributed by atoms with Gasteiger partial charge < -0.3 is 4.43 Å². The van der Waals surface area contributed by atoms with Gasteiger partial charge in [0.2, 0.25) is 8.32 Å². The minimum absolute atomic E-state index is 0.851. The van der Waals surface area contributed by atoms with Crippen LogP contribution in [0.5, 0.6) is 0 Å². The topological polar surface area (TPSA) is 9.23 Å². The zero-order valence-corrected chi connectivity index (χ0v) is 9.34. The standard InChI is InChI=1S/C11H16OSi/c1-3-13(4-2)11-8-6-5-7-10(11)9-12-13/h5-8H,3-4,9H2,1-2H3. The van der Waals surface area contributed by atoms with Crippen molar-refractivity contribution in [3.05, 3.63) is 29.8 Å². The minimum atomic E-state index is -1.50. The zero-order valence-electron chi connectivity index (χ0n) is 8.34.